The van der Waals surface area contributed by atoms with Crippen LogP contribution < -0.4 is 14.4 Å². The highest BCUT2D eigenvalue weighted by molar-refractivity contribution is 7.92. The Bertz CT molecular complexity index is 1690. The van der Waals surface area contributed by atoms with Gasteiger partial charge in [-0.2, -0.15) is 0 Å². The molecule has 0 radical (unpaired) electrons. The average molecular weight is 662 g/mol. The Labute approximate surface area is 277 Å². The van der Waals surface area contributed by atoms with Gasteiger partial charge in [0.05, 0.1) is 17.2 Å². The second kappa shape index (κ2) is 16.8. The van der Waals surface area contributed by atoms with Crippen LogP contribution in [0.3, 0.4) is 0 Å². The van der Waals surface area contributed by atoms with Crippen LogP contribution in [0.1, 0.15) is 37.8 Å². The molecule has 0 aromatic heterocycles. The zero-order valence-corrected chi connectivity index (χ0v) is 27.7. The Kier molecular flexibility index (Phi) is 12.6. The normalized spacial score (nSPS) is 11.8. The standard InChI is InChI=1S/C36H40ClN3O5S/c1-3-5-23-38-36(42)33(25-28-15-8-6-9-16-28)39(26-29-17-14-18-30(37)24-29)35(41)27-40(32-21-12-13-22-34(32)45-4-2)46(43,44)31-19-10-7-11-20-31/h6-22,24,33H,3-5,23,25-27H2,1-2H3,(H,38,42)/t33-/m1/s1. The molecule has 0 aliphatic carbocycles. The van der Waals surface area contributed by atoms with Crippen molar-refractivity contribution in [1.82, 2.24) is 10.2 Å². The van der Waals surface area contributed by atoms with Crippen molar-refractivity contribution in [2.75, 3.05) is 24.0 Å². The van der Waals surface area contributed by atoms with Crippen LogP contribution in [-0.4, -0.2) is 50.9 Å². The van der Waals surface area contributed by atoms with Crippen LogP contribution in [0.25, 0.3) is 0 Å². The van der Waals surface area contributed by atoms with Gasteiger partial charge in [0.25, 0.3) is 10.0 Å². The van der Waals surface area contributed by atoms with Crippen LogP contribution in [0, 0.1) is 0 Å². The fraction of sp³-hybridized carbons (Fsp3) is 0.278. The van der Waals surface area contributed by atoms with Crippen molar-refractivity contribution in [3.8, 4) is 5.75 Å². The van der Waals surface area contributed by atoms with Crippen molar-refractivity contribution in [3.05, 3.63) is 125 Å². The second-order valence-corrected chi connectivity index (χ2v) is 13.0. The van der Waals surface area contributed by atoms with Crippen LogP contribution in [0.15, 0.2) is 114 Å². The number of unbranched alkanes of at least 4 members (excludes halogenated alkanes) is 1. The number of ether oxygens (including phenoxy) is 1. The number of amides is 2. The first-order chi connectivity index (χ1) is 22.2. The third-order valence-corrected chi connectivity index (χ3v) is 9.40. The van der Waals surface area contributed by atoms with E-state index >= 15 is 0 Å². The summed E-state index contributed by atoms with van der Waals surface area (Å²) in [4.78, 5) is 29.9. The van der Waals surface area contributed by atoms with Crippen LogP contribution in [0.4, 0.5) is 5.69 Å². The summed E-state index contributed by atoms with van der Waals surface area (Å²) in [5.74, 6) is -0.561. The predicted molar refractivity (Wildman–Crippen MR) is 182 cm³/mol. The fourth-order valence-electron chi connectivity index (χ4n) is 5.07. The van der Waals surface area contributed by atoms with Gasteiger partial charge in [-0.15, -0.1) is 0 Å². The lowest BCUT2D eigenvalue weighted by Gasteiger charge is -2.34. The number of halogens is 1. The van der Waals surface area contributed by atoms with Gasteiger partial charge in [-0.3, -0.25) is 13.9 Å². The smallest absolute Gasteiger partial charge is 0.264 e. The molecule has 10 heteroatoms. The molecule has 46 heavy (non-hydrogen) atoms. The molecule has 0 aliphatic heterocycles. The van der Waals surface area contributed by atoms with Crippen LogP contribution in [0.2, 0.25) is 5.02 Å². The lowest BCUT2D eigenvalue weighted by Crippen LogP contribution is -2.53. The van der Waals surface area contributed by atoms with Gasteiger partial charge in [0, 0.05) is 24.5 Å². The lowest BCUT2D eigenvalue weighted by atomic mass is 10.0. The molecule has 0 unspecified atom stereocenters. The summed E-state index contributed by atoms with van der Waals surface area (Å²) in [6.07, 6.45) is 1.90. The highest BCUT2D eigenvalue weighted by atomic mass is 35.5. The number of nitrogens with one attached hydrogen (secondary N) is 1. The minimum absolute atomic E-state index is 0.0219. The van der Waals surface area contributed by atoms with E-state index in [-0.39, 0.29) is 29.5 Å². The van der Waals surface area contributed by atoms with E-state index in [0.717, 1.165) is 22.7 Å². The van der Waals surface area contributed by atoms with Crippen molar-refractivity contribution >= 4 is 39.1 Å². The van der Waals surface area contributed by atoms with Crippen molar-refractivity contribution in [3.63, 3.8) is 0 Å². The monoisotopic (exact) mass is 661 g/mol. The summed E-state index contributed by atoms with van der Waals surface area (Å²) in [5.41, 5.74) is 1.78. The summed E-state index contributed by atoms with van der Waals surface area (Å²) >= 11 is 6.32. The highest BCUT2D eigenvalue weighted by Gasteiger charge is 2.35. The molecule has 242 valence electrons. The Morgan fingerprint density at radius 1 is 0.848 bits per heavy atom. The maximum absolute atomic E-state index is 14.6. The molecule has 0 aliphatic rings. The average Bonchev–Trinajstić information content (AvgIpc) is 3.06. The molecule has 0 saturated heterocycles. The van der Waals surface area contributed by atoms with Gasteiger partial charge in [-0.25, -0.2) is 8.42 Å². The van der Waals surface area contributed by atoms with Crippen LogP contribution in [0.5, 0.6) is 5.75 Å². The summed E-state index contributed by atoms with van der Waals surface area (Å²) in [7, 11) is -4.24. The number of rotatable bonds is 16. The van der Waals surface area contributed by atoms with Crippen LogP contribution >= 0.6 is 11.6 Å². The van der Waals surface area contributed by atoms with Gasteiger partial charge in [0.15, 0.2) is 0 Å². The molecular formula is C36H40ClN3O5S. The van der Waals surface area contributed by atoms with Crippen molar-refractivity contribution in [2.45, 2.75) is 50.6 Å². The quantitative estimate of drug-likeness (QED) is 0.139. The third-order valence-electron chi connectivity index (χ3n) is 7.39. The molecule has 0 saturated carbocycles. The first-order valence-electron chi connectivity index (χ1n) is 15.4. The second-order valence-electron chi connectivity index (χ2n) is 10.7. The van der Waals surface area contributed by atoms with Gasteiger partial charge in [0.1, 0.15) is 18.3 Å². The number of para-hydroxylation sites is 2. The molecule has 2 amide bonds. The summed E-state index contributed by atoms with van der Waals surface area (Å²) in [5, 5.41) is 3.47. The van der Waals surface area contributed by atoms with E-state index in [0.29, 0.717) is 29.5 Å². The van der Waals surface area contributed by atoms with E-state index in [4.69, 9.17) is 16.3 Å². The van der Waals surface area contributed by atoms with Gasteiger partial charge < -0.3 is 15.0 Å². The summed E-state index contributed by atoms with van der Waals surface area (Å²) < 4.78 is 35.3. The molecule has 0 bridgehead atoms. The van der Waals surface area contributed by atoms with E-state index < -0.39 is 28.5 Å². The zero-order valence-electron chi connectivity index (χ0n) is 26.1. The Hall–Kier alpha value is -4.34. The largest absolute Gasteiger partial charge is 0.492 e. The Balaban J connectivity index is 1.82. The number of anilines is 1. The first kappa shape index (κ1) is 34.5. The molecule has 8 nitrogen and oxygen atoms in total. The van der Waals surface area contributed by atoms with Gasteiger partial charge in [0.2, 0.25) is 11.8 Å². The minimum atomic E-state index is -4.24. The van der Waals surface area contributed by atoms with E-state index in [2.05, 4.69) is 5.32 Å². The maximum Gasteiger partial charge on any atom is 0.264 e. The van der Waals surface area contributed by atoms with E-state index in [9.17, 15) is 18.0 Å². The van der Waals surface area contributed by atoms with E-state index in [1.165, 1.54) is 17.0 Å². The number of sulfonamides is 1. The molecule has 1 N–H and O–H groups in total. The van der Waals surface area contributed by atoms with Crippen molar-refractivity contribution in [1.29, 1.82) is 0 Å². The number of hydrogen-bond acceptors (Lipinski definition) is 5. The number of carbonyl (C=O) groups is 2. The molecular weight excluding hydrogens is 622 g/mol. The SMILES string of the molecule is CCCCNC(=O)[C@@H](Cc1ccccc1)N(Cc1cccc(Cl)c1)C(=O)CN(c1ccccc1OCC)S(=O)(=O)c1ccccc1. The Morgan fingerprint density at radius 3 is 2.17 bits per heavy atom. The highest BCUT2D eigenvalue weighted by Crippen LogP contribution is 2.33. The fourth-order valence-corrected chi connectivity index (χ4v) is 6.72. The number of benzene rings is 4. The molecule has 4 aromatic rings. The Morgan fingerprint density at radius 2 is 1.50 bits per heavy atom. The molecule has 0 spiro atoms. The molecule has 1 atom stereocenters. The molecule has 4 aromatic carbocycles. The molecule has 0 fully saturated rings. The molecule has 0 heterocycles. The van der Waals surface area contributed by atoms with Gasteiger partial charge in [-0.05, 0) is 60.9 Å². The van der Waals surface area contributed by atoms with Gasteiger partial charge >= 0.3 is 0 Å². The van der Waals surface area contributed by atoms with Crippen LogP contribution in [-0.2, 0) is 32.6 Å². The van der Waals surface area contributed by atoms with Gasteiger partial charge in [-0.1, -0.05) is 97.7 Å². The van der Waals surface area contributed by atoms with Crippen molar-refractivity contribution in [2.24, 2.45) is 0 Å². The summed E-state index contributed by atoms with van der Waals surface area (Å²) in [6.45, 7) is 4.04. The minimum Gasteiger partial charge on any atom is -0.492 e. The number of carbonyl (C=O) groups excluding carboxylic acids is 2. The number of nitrogens with zero attached hydrogens (tertiary/aromatic N) is 2. The topological polar surface area (TPSA) is 96.0 Å². The van der Waals surface area contributed by atoms with E-state index in [1.807, 2.05) is 43.3 Å². The first-order valence-corrected chi connectivity index (χ1v) is 17.2. The maximum atomic E-state index is 14.6. The number of hydrogen-bond donors (Lipinski definition) is 1. The predicted octanol–water partition coefficient (Wildman–Crippen LogP) is 6.49. The summed E-state index contributed by atoms with van der Waals surface area (Å²) in [6, 6.07) is 30.2. The third kappa shape index (κ3) is 9.11. The molecule has 4 rings (SSSR count). The van der Waals surface area contributed by atoms with E-state index in [1.54, 1.807) is 67.6 Å². The lowest BCUT2D eigenvalue weighted by molar-refractivity contribution is -0.140. The van der Waals surface area contributed by atoms with Crippen molar-refractivity contribution < 1.29 is 22.7 Å². The zero-order chi connectivity index (χ0) is 32.9.